The molecule has 6 atom stereocenters. The Morgan fingerprint density at radius 1 is 1.39 bits per heavy atom. The van der Waals surface area contributed by atoms with E-state index in [2.05, 4.69) is 24.0 Å². The first-order chi connectivity index (χ1) is 8.71. The Morgan fingerprint density at radius 3 is 2.78 bits per heavy atom. The lowest BCUT2D eigenvalue weighted by Gasteiger charge is -2.26. The van der Waals surface area contributed by atoms with Crippen molar-refractivity contribution in [1.82, 2.24) is 0 Å². The second kappa shape index (κ2) is 6.66. The normalized spacial score (nSPS) is 41.4. The van der Waals surface area contributed by atoms with Crippen LogP contribution in [0.5, 0.6) is 0 Å². The maximum absolute atomic E-state index is 10.3. The molecule has 1 aliphatic carbocycles. The predicted molar refractivity (Wildman–Crippen MR) is 77.8 cm³/mol. The molecule has 1 saturated carbocycles. The van der Waals surface area contributed by atoms with Crippen LogP contribution >= 0.6 is 23.5 Å². The van der Waals surface area contributed by atoms with Gasteiger partial charge in [0.25, 0.3) is 0 Å². The summed E-state index contributed by atoms with van der Waals surface area (Å²) in [7, 11) is 1.69. The molecular formula is C13H22O3S2. The molecular weight excluding hydrogens is 268 g/mol. The number of aliphatic hydroxyl groups is 1. The molecule has 104 valence electrons. The van der Waals surface area contributed by atoms with Gasteiger partial charge in [-0.2, -0.15) is 11.8 Å². The fraction of sp³-hybridized carbons (Fsp3) is 0.846. The summed E-state index contributed by atoms with van der Waals surface area (Å²) in [6, 6.07) is 0. The van der Waals surface area contributed by atoms with Gasteiger partial charge in [0, 0.05) is 31.1 Å². The van der Waals surface area contributed by atoms with Gasteiger partial charge in [-0.05, 0) is 23.8 Å². The van der Waals surface area contributed by atoms with Gasteiger partial charge in [-0.3, -0.25) is 0 Å². The van der Waals surface area contributed by atoms with E-state index in [1.54, 1.807) is 18.9 Å². The predicted octanol–water partition coefficient (Wildman–Crippen LogP) is 2.35. The maximum atomic E-state index is 10.3. The van der Waals surface area contributed by atoms with Gasteiger partial charge in [0.2, 0.25) is 0 Å². The first kappa shape index (κ1) is 14.7. The van der Waals surface area contributed by atoms with Crippen molar-refractivity contribution in [3.05, 3.63) is 11.5 Å². The number of hydrogen-bond donors (Lipinski definition) is 1. The minimum Gasteiger partial charge on any atom is -0.393 e. The van der Waals surface area contributed by atoms with Crippen molar-refractivity contribution >= 4 is 23.5 Å². The van der Waals surface area contributed by atoms with Gasteiger partial charge in [0.15, 0.2) is 6.29 Å². The summed E-state index contributed by atoms with van der Waals surface area (Å²) in [5.41, 5.74) is 0. The van der Waals surface area contributed by atoms with Crippen molar-refractivity contribution in [3.63, 3.8) is 0 Å². The second-order valence-electron chi connectivity index (χ2n) is 4.88. The van der Waals surface area contributed by atoms with Gasteiger partial charge in [0.05, 0.1) is 12.2 Å². The van der Waals surface area contributed by atoms with Gasteiger partial charge in [-0.15, -0.1) is 11.8 Å². The van der Waals surface area contributed by atoms with E-state index in [0.717, 1.165) is 12.8 Å². The molecule has 1 aliphatic heterocycles. The largest absolute Gasteiger partial charge is 0.393 e. The molecule has 1 saturated heterocycles. The quantitative estimate of drug-likeness (QED) is 0.841. The van der Waals surface area contributed by atoms with E-state index in [4.69, 9.17) is 9.47 Å². The molecule has 3 nitrogen and oxygen atoms in total. The van der Waals surface area contributed by atoms with Crippen LogP contribution in [0.3, 0.4) is 0 Å². The van der Waals surface area contributed by atoms with Crippen LogP contribution in [0, 0.1) is 11.8 Å². The number of aliphatic hydroxyl groups excluding tert-OH is 1. The van der Waals surface area contributed by atoms with Gasteiger partial charge >= 0.3 is 0 Å². The Bertz CT molecular complexity index is 298. The van der Waals surface area contributed by atoms with E-state index in [0.29, 0.717) is 11.2 Å². The molecule has 0 aromatic rings. The van der Waals surface area contributed by atoms with Gasteiger partial charge in [-0.25, -0.2) is 0 Å². The Kier molecular flexibility index (Phi) is 5.45. The van der Waals surface area contributed by atoms with Crippen molar-refractivity contribution in [2.75, 3.05) is 19.6 Å². The van der Waals surface area contributed by atoms with Crippen LogP contribution in [0.4, 0.5) is 0 Å². The standard InChI is InChI=1S/C13H22O3S2/c1-15-12-6-8-10(16-12)7-9(14)13(8)11(18-3)4-5-17-2/h4-5,8-14H,6-7H2,1-3H3/t8-,9+,10-,11?,12+,13+/m0/s1. The van der Waals surface area contributed by atoms with E-state index in [1.165, 1.54) is 0 Å². The summed E-state index contributed by atoms with van der Waals surface area (Å²) in [5.74, 6) is 0.711. The number of methoxy groups -OCH3 is 1. The smallest absolute Gasteiger partial charge is 0.157 e. The van der Waals surface area contributed by atoms with Crippen LogP contribution in [0.2, 0.25) is 0 Å². The van der Waals surface area contributed by atoms with Crippen LogP contribution in [-0.4, -0.2) is 48.5 Å². The highest BCUT2D eigenvalue weighted by atomic mass is 32.2. The highest BCUT2D eigenvalue weighted by Crippen LogP contribution is 2.47. The molecule has 0 bridgehead atoms. The third-order valence-electron chi connectivity index (χ3n) is 4.00. The van der Waals surface area contributed by atoms with Gasteiger partial charge in [-0.1, -0.05) is 6.08 Å². The molecule has 18 heavy (non-hydrogen) atoms. The molecule has 2 fully saturated rings. The van der Waals surface area contributed by atoms with Crippen molar-refractivity contribution in [2.24, 2.45) is 11.8 Å². The molecule has 0 aromatic heterocycles. The summed E-state index contributed by atoms with van der Waals surface area (Å²) in [6.45, 7) is 0. The van der Waals surface area contributed by atoms with Gasteiger partial charge < -0.3 is 14.6 Å². The van der Waals surface area contributed by atoms with Crippen LogP contribution in [0.25, 0.3) is 0 Å². The lowest BCUT2D eigenvalue weighted by atomic mass is 9.89. The van der Waals surface area contributed by atoms with E-state index < -0.39 is 0 Å². The number of ether oxygens (including phenoxy) is 2. The van der Waals surface area contributed by atoms with Crippen molar-refractivity contribution < 1.29 is 14.6 Å². The molecule has 5 heteroatoms. The fourth-order valence-corrected chi connectivity index (χ4v) is 4.53. The van der Waals surface area contributed by atoms with Crippen LogP contribution in [0.15, 0.2) is 11.5 Å². The monoisotopic (exact) mass is 290 g/mol. The number of rotatable bonds is 5. The highest BCUT2D eigenvalue weighted by molar-refractivity contribution is 8.01. The van der Waals surface area contributed by atoms with E-state index in [9.17, 15) is 5.11 Å². The summed E-state index contributed by atoms with van der Waals surface area (Å²) in [4.78, 5) is 0. The van der Waals surface area contributed by atoms with Gasteiger partial charge in [0.1, 0.15) is 0 Å². The van der Waals surface area contributed by atoms with Crippen molar-refractivity contribution in [2.45, 2.75) is 36.6 Å². The molecule has 1 N–H and O–H groups in total. The van der Waals surface area contributed by atoms with E-state index >= 15 is 0 Å². The zero-order valence-electron chi connectivity index (χ0n) is 11.1. The van der Waals surface area contributed by atoms with Crippen LogP contribution < -0.4 is 0 Å². The average molecular weight is 290 g/mol. The Hall–Kier alpha value is 0.320. The highest BCUT2D eigenvalue weighted by Gasteiger charge is 2.51. The molecule has 0 radical (unpaired) electrons. The minimum atomic E-state index is -0.248. The van der Waals surface area contributed by atoms with Crippen molar-refractivity contribution in [3.8, 4) is 0 Å². The lowest BCUT2D eigenvalue weighted by molar-refractivity contribution is -0.118. The number of thioether (sulfide) groups is 2. The SMILES string of the molecule is CO[C@H]1C[C@@H]2[C@@H](C(C=CSC)SC)[C@H](O)C[C@@H]2O1. The van der Waals surface area contributed by atoms with Crippen LogP contribution in [-0.2, 0) is 9.47 Å². The third-order valence-corrected chi connectivity index (χ3v) is 5.44. The summed E-state index contributed by atoms with van der Waals surface area (Å²) < 4.78 is 11.1. The van der Waals surface area contributed by atoms with Crippen LogP contribution in [0.1, 0.15) is 12.8 Å². The molecule has 2 aliphatic rings. The van der Waals surface area contributed by atoms with Crippen molar-refractivity contribution in [1.29, 1.82) is 0 Å². The first-order valence-electron chi connectivity index (χ1n) is 6.29. The topological polar surface area (TPSA) is 38.7 Å². The second-order valence-corrected chi connectivity index (χ2v) is 6.64. The van der Waals surface area contributed by atoms with E-state index in [-0.39, 0.29) is 24.4 Å². The minimum absolute atomic E-state index is 0.0814. The summed E-state index contributed by atoms with van der Waals surface area (Å²) >= 11 is 3.52. The molecule has 0 aromatic carbocycles. The molecule has 1 heterocycles. The Labute approximate surface area is 118 Å². The molecule has 0 spiro atoms. The zero-order valence-corrected chi connectivity index (χ0v) is 12.7. The average Bonchev–Trinajstić information content (AvgIpc) is 2.88. The number of hydrogen-bond acceptors (Lipinski definition) is 5. The zero-order chi connectivity index (χ0) is 13.1. The molecule has 1 unspecified atom stereocenters. The van der Waals surface area contributed by atoms with E-state index in [1.807, 2.05) is 11.8 Å². The third kappa shape index (κ3) is 2.90. The first-order valence-corrected chi connectivity index (χ1v) is 8.87. The maximum Gasteiger partial charge on any atom is 0.157 e. The summed E-state index contributed by atoms with van der Waals surface area (Å²) in [6.07, 6.45) is 7.88. The summed E-state index contributed by atoms with van der Waals surface area (Å²) in [5, 5.41) is 12.8. The molecule has 2 rings (SSSR count). The number of fused-ring (bicyclic) bond motifs is 1. The Morgan fingerprint density at radius 2 is 2.17 bits per heavy atom. The Balaban J connectivity index is 2.08. The molecule has 0 amide bonds. The fourth-order valence-electron chi connectivity index (χ4n) is 3.18. The lowest BCUT2D eigenvalue weighted by Crippen LogP contribution is -2.29.